The summed E-state index contributed by atoms with van der Waals surface area (Å²) in [5.41, 5.74) is 1.86. The van der Waals surface area contributed by atoms with Crippen LogP contribution in [0.2, 0.25) is 10.0 Å². The molecule has 0 saturated heterocycles. The molecule has 0 aliphatic carbocycles. The number of carbonyl (C=O) groups excluding carboxylic acids is 3. The molecule has 0 aliphatic rings. The first-order chi connectivity index (χ1) is 20.8. The van der Waals surface area contributed by atoms with Crippen molar-refractivity contribution in [3.8, 4) is 5.75 Å². The van der Waals surface area contributed by atoms with E-state index in [2.05, 4.69) is 38.2 Å². The zero-order valence-electron chi connectivity index (χ0n) is 24.5. The van der Waals surface area contributed by atoms with Gasteiger partial charge in [-0.05, 0) is 84.3 Å². The number of rotatable bonds is 10. The SMILES string of the molecule is COc1c(Cl)cc([C@@H](NC(=O)[C@@H](Cc2c[nH]c3cc(I)ccc23)NC(=O)OCc2ccccc2)C(=O)OC(C)(C)C)cc1Cl. The molecule has 12 heteroatoms. The summed E-state index contributed by atoms with van der Waals surface area (Å²) in [7, 11) is 1.42. The first-order valence-corrected chi connectivity index (χ1v) is 15.5. The van der Waals surface area contributed by atoms with Crippen molar-refractivity contribution in [2.75, 3.05) is 7.11 Å². The highest BCUT2D eigenvalue weighted by Crippen LogP contribution is 2.36. The Bertz CT molecular complexity index is 1630. The van der Waals surface area contributed by atoms with Gasteiger partial charge in [-0.2, -0.15) is 0 Å². The maximum absolute atomic E-state index is 13.9. The fourth-order valence-electron chi connectivity index (χ4n) is 4.49. The number of H-pyrrole nitrogens is 1. The number of carbonyl (C=O) groups is 3. The minimum atomic E-state index is -1.31. The number of amides is 2. The predicted molar refractivity (Wildman–Crippen MR) is 178 cm³/mol. The lowest BCUT2D eigenvalue weighted by Gasteiger charge is -2.27. The van der Waals surface area contributed by atoms with Gasteiger partial charge in [0.15, 0.2) is 11.8 Å². The summed E-state index contributed by atoms with van der Waals surface area (Å²) >= 11 is 15.0. The first-order valence-electron chi connectivity index (χ1n) is 13.6. The average molecular weight is 752 g/mol. The molecule has 0 spiro atoms. The molecule has 2 atom stereocenters. The molecule has 3 N–H and O–H groups in total. The third-order valence-corrected chi connectivity index (χ3v) is 7.69. The molecule has 3 aromatic carbocycles. The highest BCUT2D eigenvalue weighted by molar-refractivity contribution is 14.1. The topological polar surface area (TPSA) is 119 Å². The van der Waals surface area contributed by atoms with E-state index in [1.807, 2.05) is 48.5 Å². The van der Waals surface area contributed by atoms with Crippen LogP contribution in [0.25, 0.3) is 10.9 Å². The van der Waals surface area contributed by atoms with Crippen LogP contribution in [0, 0.1) is 3.57 Å². The summed E-state index contributed by atoms with van der Waals surface area (Å²) < 4.78 is 17.3. The largest absolute Gasteiger partial charge is 0.494 e. The monoisotopic (exact) mass is 751 g/mol. The lowest BCUT2D eigenvalue weighted by atomic mass is 10.0. The minimum Gasteiger partial charge on any atom is -0.494 e. The number of benzene rings is 3. The molecule has 0 radical (unpaired) electrons. The van der Waals surface area contributed by atoms with Crippen molar-refractivity contribution >= 4 is 74.7 Å². The molecular weight excluding hydrogens is 720 g/mol. The van der Waals surface area contributed by atoms with Crippen molar-refractivity contribution in [3.05, 3.63) is 97.2 Å². The Balaban J connectivity index is 1.64. The number of alkyl carbamates (subject to hydrolysis) is 1. The predicted octanol–water partition coefficient (Wildman–Crippen LogP) is 7.12. The molecule has 0 aliphatic heterocycles. The number of halogens is 3. The Labute approximate surface area is 279 Å². The van der Waals surface area contributed by atoms with Gasteiger partial charge < -0.3 is 29.8 Å². The highest BCUT2D eigenvalue weighted by atomic mass is 127. The molecule has 4 rings (SSSR count). The van der Waals surface area contributed by atoms with E-state index in [-0.39, 0.29) is 34.4 Å². The number of methoxy groups -OCH3 is 1. The maximum Gasteiger partial charge on any atom is 0.408 e. The molecule has 9 nitrogen and oxygen atoms in total. The van der Waals surface area contributed by atoms with Crippen LogP contribution in [0.5, 0.6) is 5.75 Å². The van der Waals surface area contributed by atoms with Gasteiger partial charge in [-0.3, -0.25) is 4.79 Å². The van der Waals surface area contributed by atoms with Crippen molar-refractivity contribution < 1.29 is 28.6 Å². The molecule has 1 heterocycles. The van der Waals surface area contributed by atoms with Gasteiger partial charge in [0.25, 0.3) is 0 Å². The van der Waals surface area contributed by atoms with E-state index in [1.165, 1.54) is 19.2 Å². The van der Waals surface area contributed by atoms with Gasteiger partial charge in [0.05, 0.1) is 17.2 Å². The third kappa shape index (κ3) is 8.80. The maximum atomic E-state index is 13.9. The fraction of sp³-hybridized carbons (Fsp3) is 0.281. The molecule has 0 saturated carbocycles. The van der Waals surface area contributed by atoms with Crippen LogP contribution in [-0.4, -0.2) is 41.7 Å². The molecule has 4 aromatic rings. The van der Waals surface area contributed by atoms with Gasteiger partial charge in [0.2, 0.25) is 5.91 Å². The number of hydrogen-bond donors (Lipinski definition) is 3. The quantitative estimate of drug-likeness (QED) is 0.117. The summed E-state index contributed by atoms with van der Waals surface area (Å²) in [6.07, 6.45) is 1.08. The van der Waals surface area contributed by atoms with E-state index in [9.17, 15) is 14.4 Å². The van der Waals surface area contributed by atoms with Gasteiger partial charge in [-0.15, -0.1) is 0 Å². The number of nitrogens with one attached hydrogen (secondary N) is 3. The van der Waals surface area contributed by atoms with Crippen molar-refractivity contribution in [1.82, 2.24) is 15.6 Å². The van der Waals surface area contributed by atoms with Crippen LogP contribution in [0.4, 0.5) is 4.79 Å². The van der Waals surface area contributed by atoms with E-state index < -0.39 is 35.7 Å². The number of esters is 1. The summed E-state index contributed by atoms with van der Waals surface area (Å²) in [4.78, 5) is 43.5. The molecule has 44 heavy (non-hydrogen) atoms. The van der Waals surface area contributed by atoms with Gasteiger partial charge in [-0.25, -0.2) is 9.59 Å². The number of aromatic amines is 1. The lowest BCUT2D eigenvalue weighted by molar-refractivity contribution is -0.159. The van der Waals surface area contributed by atoms with Crippen LogP contribution in [0.15, 0.2) is 66.9 Å². The van der Waals surface area contributed by atoms with Gasteiger partial charge in [0.1, 0.15) is 18.2 Å². The van der Waals surface area contributed by atoms with Gasteiger partial charge in [-0.1, -0.05) is 59.6 Å². The van der Waals surface area contributed by atoms with Crippen LogP contribution in [0.1, 0.15) is 43.5 Å². The number of hydrogen-bond acceptors (Lipinski definition) is 6. The summed E-state index contributed by atoms with van der Waals surface area (Å²) in [6, 6.07) is 15.5. The Hall–Kier alpha value is -3.48. The van der Waals surface area contributed by atoms with E-state index in [0.29, 0.717) is 0 Å². The van der Waals surface area contributed by atoms with Gasteiger partial charge in [0, 0.05) is 27.1 Å². The van der Waals surface area contributed by atoms with Crippen molar-refractivity contribution in [3.63, 3.8) is 0 Å². The Morgan fingerprint density at radius 2 is 1.66 bits per heavy atom. The van der Waals surface area contributed by atoms with Crippen molar-refractivity contribution in [2.24, 2.45) is 0 Å². The van der Waals surface area contributed by atoms with Gasteiger partial charge >= 0.3 is 12.1 Å². The zero-order chi connectivity index (χ0) is 32.0. The van der Waals surface area contributed by atoms with Crippen LogP contribution in [0.3, 0.4) is 0 Å². The van der Waals surface area contributed by atoms with Crippen molar-refractivity contribution in [2.45, 2.75) is 51.5 Å². The second kappa shape index (κ2) is 14.5. The second-order valence-corrected chi connectivity index (χ2v) is 13.0. The first kappa shape index (κ1) is 33.4. The molecule has 232 valence electrons. The molecular formula is C32H32Cl2IN3O6. The van der Waals surface area contributed by atoms with E-state index in [1.54, 1.807) is 27.0 Å². The highest BCUT2D eigenvalue weighted by Gasteiger charge is 2.33. The van der Waals surface area contributed by atoms with Crippen LogP contribution in [-0.2, 0) is 32.1 Å². The average Bonchev–Trinajstić information content (AvgIpc) is 3.35. The molecule has 2 amide bonds. The van der Waals surface area contributed by atoms with Crippen LogP contribution >= 0.6 is 45.8 Å². The number of ether oxygens (including phenoxy) is 3. The zero-order valence-corrected chi connectivity index (χ0v) is 28.2. The molecule has 0 bridgehead atoms. The van der Waals surface area contributed by atoms with Crippen molar-refractivity contribution in [1.29, 1.82) is 0 Å². The second-order valence-electron chi connectivity index (χ2n) is 11.0. The van der Waals surface area contributed by atoms with E-state index >= 15 is 0 Å². The lowest BCUT2D eigenvalue weighted by Crippen LogP contribution is -2.50. The summed E-state index contributed by atoms with van der Waals surface area (Å²) in [5.74, 6) is -1.17. The normalized spacial score (nSPS) is 12.7. The van der Waals surface area contributed by atoms with Crippen LogP contribution < -0.4 is 15.4 Å². The molecule has 0 fully saturated rings. The smallest absolute Gasteiger partial charge is 0.408 e. The minimum absolute atomic E-state index is 0.00984. The number of aromatic nitrogens is 1. The Morgan fingerprint density at radius 1 is 0.977 bits per heavy atom. The van der Waals surface area contributed by atoms with E-state index in [0.717, 1.165) is 25.6 Å². The summed E-state index contributed by atoms with van der Waals surface area (Å²) in [5, 5.41) is 6.59. The molecule has 0 unspecified atom stereocenters. The third-order valence-electron chi connectivity index (χ3n) is 6.46. The standard InChI is InChI=1S/C32H32Cl2IN3O6/c1-32(2,3)44-30(40)27(19-12-23(33)28(42-4)24(34)13-19)38-29(39)26(37-31(41)43-17-18-8-6-5-7-9-18)14-20-16-36-25-15-21(35)10-11-22(20)25/h5-13,15-16,26-27,36H,14,17H2,1-4H3,(H,37,41)(H,38,39)/t26-,27-/m1/s1. The molecule has 1 aromatic heterocycles. The van der Waals surface area contributed by atoms with E-state index in [4.69, 9.17) is 37.4 Å². The summed E-state index contributed by atoms with van der Waals surface area (Å²) in [6.45, 7) is 5.14. The fourth-order valence-corrected chi connectivity index (χ4v) is 5.64. The Morgan fingerprint density at radius 3 is 2.30 bits per heavy atom. The Kier molecular flexibility index (Phi) is 11.0. The number of fused-ring (bicyclic) bond motifs is 1.